The predicted molar refractivity (Wildman–Crippen MR) is 75.9 cm³/mol. The van der Waals surface area contributed by atoms with Crippen molar-refractivity contribution in [3.05, 3.63) is 0 Å². The average molecular weight is 251 g/mol. The van der Waals surface area contributed by atoms with Gasteiger partial charge >= 0.3 is 0 Å². The van der Waals surface area contributed by atoms with Crippen LogP contribution >= 0.6 is 0 Å². The van der Waals surface area contributed by atoms with E-state index in [9.17, 15) is 0 Å². The predicted octanol–water partition coefficient (Wildman–Crippen LogP) is 1.55. The summed E-state index contributed by atoms with van der Waals surface area (Å²) in [5, 5.41) is 3.45. The highest BCUT2D eigenvalue weighted by atomic mass is 15.3. The molecule has 0 radical (unpaired) electrons. The Morgan fingerprint density at radius 1 is 0.889 bits per heavy atom. The molecule has 104 valence electrons. The lowest BCUT2D eigenvalue weighted by molar-refractivity contribution is 0.0166. The zero-order chi connectivity index (χ0) is 12.2. The van der Waals surface area contributed by atoms with Gasteiger partial charge in [0, 0.05) is 51.9 Å². The van der Waals surface area contributed by atoms with Gasteiger partial charge in [-0.15, -0.1) is 0 Å². The van der Waals surface area contributed by atoms with Crippen molar-refractivity contribution < 1.29 is 0 Å². The van der Waals surface area contributed by atoms with Crippen LogP contribution in [-0.2, 0) is 0 Å². The minimum atomic E-state index is 0.873. The molecule has 0 aromatic carbocycles. The molecule has 0 aromatic rings. The molecule has 2 saturated heterocycles. The second-order valence-electron chi connectivity index (χ2n) is 6.52. The van der Waals surface area contributed by atoms with E-state index < -0.39 is 0 Å². The Labute approximate surface area is 112 Å². The minimum Gasteiger partial charge on any atom is -0.314 e. The van der Waals surface area contributed by atoms with Gasteiger partial charge in [-0.05, 0) is 18.8 Å². The van der Waals surface area contributed by atoms with E-state index >= 15 is 0 Å². The molecule has 3 nitrogen and oxygen atoms in total. The van der Waals surface area contributed by atoms with E-state index in [1.165, 1.54) is 84.3 Å². The number of hydrogen-bond acceptors (Lipinski definition) is 3. The fourth-order valence-corrected chi connectivity index (χ4v) is 3.88. The summed E-state index contributed by atoms with van der Waals surface area (Å²) in [5.41, 5.74) is 0. The van der Waals surface area contributed by atoms with E-state index in [1.807, 2.05) is 0 Å². The van der Waals surface area contributed by atoms with E-state index in [-0.39, 0.29) is 0 Å². The van der Waals surface area contributed by atoms with Crippen molar-refractivity contribution in [2.75, 3.05) is 45.8 Å². The third-order valence-electron chi connectivity index (χ3n) is 5.10. The van der Waals surface area contributed by atoms with Crippen molar-refractivity contribution in [2.45, 2.75) is 44.6 Å². The topological polar surface area (TPSA) is 18.5 Å². The highest BCUT2D eigenvalue weighted by Crippen LogP contribution is 2.26. The first-order chi connectivity index (χ1) is 8.92. The largest absolute Gasteiger partial charge is 0.314 e. The average Bonchev–Trinajstić information content (AvgIpc) is 2.63. The number of likely N-dealkylation sites (tertiary alicyclic amines) is 1. The highest BCUT2D eigenvalue weighted by Gasteiger charge is 2.33. The fourth-order valence-electron chi connectivity index (χ4n) is 3.88. The van der Waals surface area contributed by atoms with Gasteiger partial charge < -0.3 is 5.32 Å². The second kappa shape index (κ2) is 6.36. The first-order valence-corrected chi connectivity index (χ1v) is 8.09. The number of hydrogen-bond donors (Lipinski definition) is 1. The maximum atomic E-state index is 3.45. The molecule has 0 atom stereocenters. The molecule has 0 spiro atoms. The van der Waals surface area contributed by atoms with Crippen molar-refractivity contribution in [2.24, 2.45) is 5.92 Å². The van der Waals surface area contributed by atoms with Crippen LogP contribution < -0.4 is 5.32 Å². The van der Waals surface area contributed by atoms with Gasteiger partial charge in [-0.25, -0.2) is 0 Å². The van der Waals surface area contributed by atoms with Crippen LogP contribution in [0.3, 0.4) is 0 Å². The Hall–Kier alpha value is -0.120. The smallest absolute Gasteiger partial charge is 0.0351 e. The SMILES string of the molecule is C1CCCC(CN2CC(N3CCNCC3)C2)CC1. The zero-order valence-electron chi connectivity index (χ0n) is 11.7. The van der Waals surface area contributed by atoms with Gasteiger partial charge in [0.15, 0.2) is 0 Å². The number of nitrogens with zero attached hydrogens (tertiary/aromatic N) is 2. The lowest BCUT2D eigenvalue weighted by Crippen LogP contribution is -2.63. The van der Waals surface area contributed by atoms with Crippen LogP contribution in [0.1, 0.15) is 38.5 Å². The van der Waals surface area contributed by atoms with Crippen molar-refractivity contribution in [1.82, 2.24) is 15.1 Å². The maximum Gasteiger partial charge on any atom is 0.0351 e. The van der Waals surface area contributed by atoms with E-state index in [0.717, 1.165) is 12.0 Å². The van der Waals surface area contributed by atoms with E-state index in [0.29, 0.717) is 0 Å². The normalized spacial score (nSPS) is 30.0. The first-order valence-electron chi connectivity index (χ1n) is 8.09. The third kappa shape index (κ3) is 3.25. The summed E-state index contributed by atoms with van der Waals surface area (Å²) in [6.07, 6.45) is 8.93. The number of nitrogens with one attached hydrogen (secondary N) is 1. The summed E-state index contributed by atoms with van der Waals surface area (Å²) in [5.74, 6) is 1.01. The standard InChI is InChI=1S/C15H29N3/c1-2-4-6-14(5-3-1)11-17-12-15(13-17)18-9-7-16-8-10-18/h14-16H,1-13H2. The number of piperazine rings is 1. The van der Waals surface area contributed by atoms with E-state index in [1.54, 1.807) is 0 Å². The zero-order valence-corrected chi connectivity index (χ0v) is 11.7. The lowest BCUT2D eigenvalue weighted by Gasteiger charge is -2.47. The van der Waals surface area contributed by atoms with Gasteiger partial charge in [0.25, 0.3) is 0 Å². The molecule has 0 amide bonds. The molecule has 0 aromatic heterocycles. The fraction of sp³-hybridized carbons (Fsp3) is 1.00. The molecule has 1 N–H and O–H groups in total. The molecule has 3 fully saturated rings. The maximum absolute atomic E-state index is 3.45. The molecule has 1 saturated carbocycles. The second-order valence-corrected chi connectivity index (χ2v) is 6.52. The van der Waals surface area contributed by atoms with Crippen LogP contribution in [0.5, 0.6) is 0 Å². The highest BCUT2D eigenvalue weighted by molar-refractivity contribution is 4.90. The summed E-state index contributed by atoms with van der Waals surface area (Å²) in [6.45, 7) is 9.00. The van der Waals surface area contributed by atoms with Gasteiger partial charge in [0.2, 0.25) is 0 Å². The van der Waals surface area contributed by atoms with Gasteiger partial charge in [-0.1, -0.05) is 25.7 Å². The third-order valence-corrected chi connectivity index (χ3v) is 5.10. The van der Waals surface area contributed by atoms with Gasteiger partial charge in [0.05, 0.1) is 0 Å². The molecule has 1 aliphatic carbocycles. The Morgan fingerprint density at radius 3 is 2.22 bits per heavy atom. The Morgan fingerprint density at radius 2 is 1.56 bits per heavy atom. The summed E-state index contributed by atoms with van der Waals surface area (Å²) in [6, 6.07) is 0.873. The summed E-state index contributed by atoms with van der Waals surface area (Å²) >= 11 is 0. The molecule has 3 heteroatoms. The molecule has 2 heterocycles. The van der Waals surface area contributed by atoms with Crippen LogP contribution in [0.15, 0.2) is 0 Å². The lowest BCUT2D eigenvalue weighted by atomic mass is 9.96. The summed E-state index contributed by atoms with van der Waals surface area (Å²) < 4.78 is 0. The summed E-state index contributed by atoms with van der Waals surface area (Å²) in [7, 11) is 0. The van der Waals surface area contributed by atoms with Gasteiger partial charge in [-0.2, -0.15) is 0 Å². The van der Waals surface area contributed by atoms with E-state index in [2.05, 4.69) is 15.1 Å². The molecular formula is C15H29N3. The van der Waals surface area contributed by atoms with Crippen molar-refractivity contribution in [3.63, 3.8) is 0 Å². The quantitative estimate of drug-likeness (QED) is 0.768. The molecule has 18 heavy (non-hydrogen) atoms. The van der Waals surface area contributed by atoms with Crippen LogP contribution in [0.4, 0.5) is 0 Å². The Kier molecular flexibility index (Phi) is 4.55. The van der Waals surface area contributed by atoms with Crippen LogP contribution in [-0.4, -0.2) is 61.7 Å². The molecular weight excluding hydrogens is 222 g/mol. The van der Waals surface area contributed by atoms with Crippen molar-refractivity contribution in [1.29, 1.82) is 0 Å². The summed E-state index contributed by atoms with van der Waals surface area (Å²) in [4.78, 5) is 5.41. The molecule has 0 unspecified atom stereocenters. The monoisotopic (exact) mass is 251 g/mol. The Balaban J connectivity index is 1.36. The van der Waals surface area contributed by atoms with E-state index in [4.69, 9.17) is 0 Å². The van der Waals surface area contributed by atoms with Gasteiger partial charge in [0.1, 0.15) is 0 Å². The minimum absolute atomic E-state index is 0.873. The van der Waals surface area contributed by atoms with Crippen LogP contribution in [0, 0.1) is 5.92 Å². The first kappa shape index (κ1) is 12.9. The van der Waals surface area contributed by atoms with Crippen LogP contribution in [0.25, 0.3) is 0 Å². The van der Waals surface area contributed by atoms with Crippen LogP contribution in [0.2, 0.25) is 0 Å². The van der Waals surface area contributed by atoms with Crippen molar-refractivity contribution in [3.8, 4) is 0 Å². The molecule has 2 aliphatic heterocycles. The van der Waals surface area contributed by atoms with Crippen molar-refractivity contribution >= 4 is 0 Å². The number of rotatable bonds is 3. The Bertz CT molecular complexity index is 236. The van der Waals surface area contributed by atoms with Gasteiger partial charge in [-0.3, -0.25) is 9.80 Å². The molecule has 3 rings (SSSR count). The molecule has 0 bridgehead atoms. The molecule has 3 aliphatic rings.